The molecule has 118 valence electrons. The van der Waals surface area contributed by atoms with E-state index in [2.05, 4.69) is 16.5 Å². The normalized spacial score (nSPS) is 20.5. The fraction of sp³-hybridized carbons (Fsp3) is 0.750. The standard InChI is InChI=1S/C16H28N4O/c1-3-4-7-14(17)16(21)20-9-5-6-13(12-20)11-15-18-8-10-19(15)2/h8,10,13-14H,3-7,9,11-12,17H2,1-2H3/t13-,14-/m0/s1. The molecule has 5 nitrogen and oxygen atoms in total. The Kier molecular flexibility index (Phi) is 5.79. The zero-order chi connectivity index (χ0) is 15.2. The van der Waals surface area contributed by atoms with Crippen molar-refractivity contribution in [3.63, 3.8) is 0 Å². The third-order valence-electron chi connectivity index (χ3n) is 4.41. The number of amides is 1. The van der Waals surface area contributed by atoms with Crippen LogP contribution in [-0.4, -0.2) is 39.5 Å². The highest BCUT2D eigenvalue weighted by Crippen LogP contribution is 2.21. The van der Waals surface area contributed by atoms with Gasteiger partial charge in [0, 0.05) is 39.0 Å². The van der Waals surface area contributed by atoms with Gasteiger partial charge < -0.3 is 15.2 Å². The first-order chi connectivity index (χ1) is 10.1. The summed E-state index contributed by atoms with van der Waals surface area (Å²) in [6.07, 6.45) is 9.90. The molecular formula is C16H28N4O. The van der Waals surface area contributed by atoms with Crippen molar-refractivity contribution in [2.75, 3.05) is 13.1 Å². The Hall–Kier alpha value is -1.36. The van der Waals surface area contributed by atoms with Crippen molar-refractivity contribution in [1.82, 2.24) is 14.5 Å². The minimum atomic E-state index is -0.322. The maximum Gasteiger partial charge on any atom is 0.239 e. The van der Waals surface area contributed by atoms with E-state index in [0.29, 0.717) is 5.92 Å². The summed E-state index contributed by atoms with van der Waals surface area (Å²) in [6.45, 7) is 3.81. The molecule has 0 bridgehead atoms. The number of piperidine rings is 1. The van der Waals surface area contributed by atoms with Gasteiger partial charge >= 0.3 is 0 Å². The highest BCUT2D eigenvalue weighted by molar-refractivity contribution is 5.81. The van der Waals surface area contributed by atoms with Crippen LogP contribution in [0.3, 0.4) is 0 Å². The van der Waals surface area contributed by atoms with E-state index in [1.807, 2.05) is 24.3 Å². The predicted molar refractivity (Wildman–Crippen MR) is 83.7 cm³/mol. The minimum absolute atomic E-state index is 0.132. The average Bonchev–Trinajstić information content (AvgIpc) is 2.89. The molecule has 2 N–H and O–H groups in total. The molecule has 0 aromatic carbocycles. The van der Waals surface area contributed by atoms with E-state index in [0.717, 1.165) is 51.0 Å². The summed E-state index contributed by atoms with van der Waals surface area (Å²) in [5.41, 5.74) is 6.03. The molecule has 1 aromatic rings. The lowest BCUT2D eigenvalue weighted by molar-refractivity contribution is -0.134. The number of carbonyl (C=O) groups excluding carboxylic acids is 1. The van der Waals surface area contributed by atoms with Crippen molar-refractivity contribution in [2.45, 2.75) is 51.5 Å². The first-order valence-electron chi connectivity index (χ1n) is 8.12. The summed E-state index contributed by atoms with van der Waals surface area (Å²) in [5.74, 6) is 1.74. The summed E-state index contributed by atoms with van der Waals surface area (Å²) in [6, 6.07) is -0.322. The number of carbonyl (C=O) groups is 1. The SMILES string of the molecule is CCCC[C@H](N)C(=O)N1CCC[C@@H](Cc2nccn2C)C1. The van der Waals surface area contributed by atoms with Crippen molar-refractivity contribution in [1.29, 1.82) is 0 Å². The molecular weight excluding hydrogens is 264 g/mol. The summed E-state index contributed by atoms with van der Waals surface area (Å²) in [4.78, 5) is 18.8. The lowest BCUT2D eigenvalue weighted by Crippen LogP contribution is -2.48. The van der Waals surface area contributed by atoms with Gasteiger partial charge in [0.2, 0.25) is 5.91 Å². The van der Waals surface area contributed by atoms with Crippen LogP contribution >= 0.6 is 0 Å². The van der Waals surface area contributed by atoms with Gasteiger partial charge in [-0.1, -0.05) is 19.8 Å². The Bertz CT molecular complexity index is 457. The number of unbranched alkanes of at least 4 members (excludes halogenated alkanes) is 1. The number of rotatable bonds is 6. The molecule has 2 atom stereocenters. The van der Waals surface area contributed by atoms with Crippen LogP contribution in [0, 0.1) is 5.92 Å². The molecule has 1 fully saturated rings. The lowest BCUT2D eigenvalue weighted by atomic mass is 9.93. The topological polar surface area (TPSA) is 64.2 Å². The van der Waals surface area contributed by atoms with Crippen LogP contribution in [0.25, 0.3) is 0 Å². The van der Waals surface area contributed by atoms with Gasteiger partial charge in [-0.2, -0.15) is 0 Å². The van der Waals surface area contributed by atoms with Gasteiger partial charge in [-0.25, -0.2) is 4.98 Å². The quantitative estimate of drug-likeness (QED) is 0.868. The number of imidazole rings is 1. The number of aromatic nitrogens is 2. The largest absolute Gasteiger partial charge is 0.341 e. The molecule has 2 heterocycles. The molecule has 1 amide bonds. The number of hydrogen-bond acceptors (Lipinski definition) is 3. The van der Waals surface area contributed by atoms with Gasteiger partial charge in [-0.05, 0) is 25.2 Å². The highest BCUT2D eigenvalue weighted by atomic mass is 16.2. The number of likely N-dealkylation sites (tertiary alicyclic amines) is 1. The Labute approximate surface area is 127 Å². The molecule has 21 heavy (non-hydrogen) atoms. The monoisotopic (exact) mass is 292 g/mol. The number of aryl methyl sites for hydroxylation is 1. The third kappa shape index (κ3) is 4.30. The molecule has 1 aliphatic rings. The minimum Gasteiger partial charge on any atom is -0.341 e. The molecule has 0 radical (unpaired) electrons. The second kappa shape index (κ2) is 7.59. The molecule has 1 aromatic heterocycles. The second-order valence-electron chi connectivity index (χ2n) is 6.20. The Morgan fingerprint density at radius 3 is 3.05 bits per heavy atom. The first-order valence-corrected chi connectivity index (χ1v) is 8.12. The molecule has 1 saturated heterocycles. The van der Waals surface area contributed by atoms with Crippen LogP contribution in [0.1, 0.15) is 44.9 Å². The van der Waals surface area contributed by atoms with Gasteiger partial charge in [0.05, 0.1) is 6.04 Å². The van der Waals surface area contributed by atoms with Crippen molar-refractivity contribution in [2.24, 2.45) is 18.7 Å². The van der Waals surface area contributed by atoms with Gasteiger partial charge in [0.15, 0.2) is 0 Å². The van der Waals surface area contributed by atoms with E-state index in [-0.39, 0.29) is 11.9 Å². The third-order valence-corrected chi connectivity index (χ3v) is 4.41. The van der Waals surface area contributed by atoms with E-state index in [1.165, 1.54) is 6.42 Å². The molecule has 0 unspecified atom stereocenters. The molecule has 0 aliphatic carbocycles. The Morgan fingerprint density at radius 1 is 1.57 bits per heavy atom. The van der Waals surface area contributed by atoms with Crippen molar-refractivity contribution >= 4 is 5.91 Å². The molecule has 5 heteroatoms. The van der Waals surface area contributed by atoms with Crippen LogP contribution in [0.5, 0.6) is 0 Å². The van der Waals surface area contributed by atoms with E-state index >= 15 is 0 Å². The molecule has 0 saturated carbocycles. The van der Waals surface area contributed by atoms with Crippen molar-refractivity contribution < 1.29 is 4.79 Å². The maximum atomic E-state index is 12.4. The zero-order valence-electron chi connectivity index (χ0n) is 13.3. The maximum absolute atomic E-state index is 12.4. The van der Waals surface area contributed by atoms with Gasteiger partial charge in [-0.15, -0.1) is 0 Å². The summed E-state index contributed by atoms with van der Waals surface area (Å²) in [5, 5.41) is 0. The van der Waals surface area contributed by atoms with Gasteiger partial charge in [-0.3, -0.25) is 4.79 Å². The highest BCUT2D eigenvalue weighted by Gasteiger charge is 2.27. The summed E-state index contributed by atoms with van der Waals surface area (Å²) >= 11 is 0. The van der Waals surface area contributed by atoms with Crippen LogP contribution in [-0.2, 0) is 18.3 Å². The first kappa shape index (κ1) is 16.0. The van der Waals surface area contributed by atoms with E-state index < -0.39 is 0 Å². The number of nitrogens with zero attached hydrogens (tertiary/aromatic N) is 3. The zero-order valence-corrected chi connectivity index (χ0v) is 13.3. The lowest BCUT2D eigenvalue weighted by Gasteiger charge is -2.34. The molecule has 2 rings (SSSR count). The van der Waals surface area contributed by atoms with E-state index in [1.54, 1.807) is 0 Å². The van der Waals surface area contributed by atoms with E-state index in [4.69, 9.17) is 5.73 Å². The fourth-order valence-electron chi connectivity index (χ4n) is 3.07. The van der Waals surface area contributed by atoms with Crippen LogP contribution in [0.4, 0.5) is 0 Å². The second-order valence-corrected chi connectivity index (χ2v) is 6.20. The smallest absolute Gasteiger partial charge is 0.239 e. The summed E-state index contributed by atoms with van der Waals surface area (Å²) < 4.78 is 2.06. The van der Waals surface area contributed by atoms with Crippen molar-refractivity contribution in [3.05, 3.63) is 18.2 Å². The average molecular weight is 292 g/mol. The van der Waals surface area contributed by atoms with E-state index in [9.17, 15) is 4.79 Å². The number of hydrogen-bond donors (Lipinski definition) is 1. The Morgan fingerprint density at radius 2 is 2.38 bits per heavy atom. The van der Waals surface area contributed by atoms with Crippen molar-refractivity contribution in [3.8, 4) is 0 Å². The number of nitrogens with two attached hydrogens (primary N) is 1. The predicted octanol–water partition coefficient (Wildman–Crippen LogP) is 1.72. The molecule has 1 aliphatic heterocycles. The summed E-state index contributed by atoms with van der Waals surface area (Å²) in [7, 11) is 2.02. The van der Waals surface area contributed by atoms with Gasteiger partial charge in [0.1, 0.15) is 5.82 Å². The fourth-order valence-corrected chi connectivity index (χ4v) is 3.07. The van der Waals surface area contributed by atoms with Gasteiger partial charge in [0.25, 0.3) is 0 Å². The van der Waals surface area contributed by atoms with Crippen LogP contribution in [0.15, 0.2) is 12.4 Å². The van der Waals surface area contributed by atoms with Crippen LogP contribution in [0.2, 0.25) is 0 Å². The Balaban J connectivity index is 1.88. The van der Waals surface area contributed by atoms with Crippen LogP contribution < -0.4 is 5.73 Å². The molecule has 0 spiro atoms.